The Hall–Kier alpha value is -1.75. The lowest BCUT2D eigenvalue weighted by atomic mass is 9.88. The van der Waals surface area contributed by atoms with E-state index < -0.39 is 11.4 Å². The number of carboxylic acids is 1. The first kappa shape index (κ1) is 17.3. The van der Waals surface area contributed by atoms with Crippen LogP contribution < -0.4 is 10.1 Å². The van der Waals surface area contributed by atoms with Crippen molar-refractivity contribution >= 4 is 23.5 Å². The average Bonchev–Trinajstić information content (AvgIpc) is 2.44. The Bertz CT molecular complexity index is 506. The number of hydrogen-bond acceptors (Lipinski definition) is 3. The van der Waals surface area contributed by atoms with Crippen LogP contribution in [0.5, 0.6) is 5.75 Å². The Balaban J connectivity index is 2.33. The number of rotatable bonds is 8. The third kappa shape index (κ3) is 5.63. The van der Waals surface area contributed by atoms with Crippen molar-refractivity contribution in [1.29, 1.82) is 0 Å². The molecule has 1 aromatic rings. The fraction of sp³-hybridized carbons (Fsp3) is 0.467. The predicted octanol–water partition coefficient (Wildman–Crippen LogP) is 2.73. The van der Waals surface area contributed by atoms with Crippen molar-refractivity contribution in [2.24, 2.45) is 5.41 Å². The quantitative estimate of drug-likeness (QED) is 0.773. The molecule has 0 fully saturated rings. The number of carbonyl (C=O) groups is 2. The lowest BCUT2D eigenvalue weighted by Crippen LogP contribution is -2.40. The zero-order valence-electron chi connectivity index (χ0n) is 12.2. The Morgan fingerprint density at radius 1 is 1.43 bits per heavy atom. The van der Waals surface area contributed by atoms with Crippen molar-refractivity contribution in [3.63, 3.8) is 0 Å². The van der Waals surface area contributed by atoms with Crippen LogP contribution in [0, 0.1) is 5.41 Å². The van der Waals surface area contributed by atoms with Gasteiger partial charge in [-0.1, -0.05) is 24.6 Å². The predicted molar refractivity (Wildman–Crippen MR) is 80.6 cm³/mol. The number of amides is 1. The molecule has 1 unspecified atom stereocenters. The van der Waals surface area contributed by atoms with Gasteiger partial charge in [-0.25, -0.2) is 0 Å². The van der Waals surface area contributed by atoms with E-state index in [9.17, 15) is 9.59 Å². The first-order valence-corrected chi connectivity index (χ1v) is 7.13. The molecule has 0 radical (unpaired) electrons. The first-order chi connectivity index (χ1) is 9.87. The van der Waals surface area contributed by atoms with E-state index in [4.69, 9.17) is 21.4 Å². The van der Waals surface area contributed by atoms with Crippen molar-refractivity contribution in [1.82, 2.24) is 5.32 Å². The Morgan fingerprint density at radius 2 is 2.14 bits per heavy atom. The highest BCUT2D eigenvalue weighted by molar-refractivity contribution is 6.30. The van der Waals surface area contributed by atoms with Crippen molar-refractivity contribution in [2.75, 3.05) is 13.2 Å². The standard InChI is InChI=1S/C15H20ClNO4/c1-3-15(2,14(19)20)10-17-13(18)7-8-21-12-6-4-5-11(16)9-12/h4-6,9H,3,7-8,10H2,1-2H3,(H,17,18)(H,19,20). The Kier molecular flexibility index (Phi) is 6.49. The molecule has 0 saturated carbocycles. The van der Waals surface area contributed by atoms with Crippen LogP contribution in [0.2, 0.25) is 5.02 Å². The van der Waals surface area contributed by atoms with Crippen LogP contribution in [0.3, 0.4) is 0 Å². The smallest absolute Gasteiger partial charge is 0.311 e. The van der Waals surface area contributed by atoms with Crippen molar-refractivity contribution in [3.05, 3.63) is 29.3 Å². The summed E-state index contributed by atoms with van der Waals surface area (Å²) in [5.74, 6) is -0.558. The summed E-state index contributed by atoms with van der Waals surface area (Å²) in [5, 5.41) is 12.3. The Morgan fingerprint density at radius 3 is 2.71 bits per heavy atom. The molecule has 0 spiro atoms. The molecule has 0 aliphatic rings. The molecule has 2 N–H and O–H groups in total. The molecule has 0 bridgehead atoms. The molecular formula is C15H20ClNO4. The maximum absolute atomic E-state index is 11.7. The highest BCUT2D eigenvalue weighted by Crippen LogP contribution is 2.20. The summed E-state index contributed by atoms with van der Waals surface area (Å²) in [5.41, 5.74) is -0.941. The number of ether oxygens (including phenoxy) is 1. The van der Waals surface area contributed by atoms with Crippen LogP contribution in [0.15, 0.2) is 24.3 Å². The van der Waals surface area contributed by atoms with Gasteiger partial charge in [0.25, 0.3) is 0 Å². The minimum atomic E-state index is -0.941. The van der Waals surface area contributed by atoms with E-state index >= 15 is 0 Å². The van der Waals surface area contributed by atoms with Gasteiger partial charge in [0, 0.05) is 11.6 Å². The molecule has 1 amide bonds. The lowest BCUT2D eigenvalue weighted by Gasteiger charge is -2.23. The SMILES string of the molecule is CCC(C)(CNC(=O)CCOc1cccc(Cl)c1)C(=O)O. The summed E-state index contributed by atoms with van der Waals surface area (Å²) in [4.78, 5) is 22.8. The van der Waals surface area contributed by atoms with Gasteiger partial charge in [-0.15, -0.1) is 0 Å². The van der Waals surface area contributed by atoms with Gasteiger partial charge < -0.3 is 15.2 Å². The van der Waals surface area contributed by atoms with E-state index in [1.54, 1.807) is 38.1 Å². The zero-order chi connectivity index (χ0) is 15.9. The first-order valence-electron chi connectivity index (χ1n) is 6.76. The number of aliphatic carboxylic acids is 1. The van der Waals surface area contributed by atoms with Gasteiger partial charge >= 0.3 is 5.97 Å². The molecule has 0 aromatic heterocycles. The van der Waals surface area contributed by atoms with Gasteiger partial charge in [0.2, 0.25) is 5.91 Å². The maximum atomic E-state index is 11.7. The molecule has 1 atom stereocenters. The van der Waals surface area contributed by atoms with Crippen LogP contribution in [0.25, 0.3) is 0 Å². The minimum absolute atomic E-state index is 0.106. The van der Waals surface area contributed by atoms with E-state index in [2.05, 4.69) is 5.32 Å². The van der Waals surface area contributed by atoms with E-state index in [1.807, 2.05) is 0 Å². The number of nitrogens with one attached hydrogen (secondary N) is 1. The van der Waals surface area contributed by atoms with E-state index in [-0.39, 0.29) is 25.5 Å². The minimum Gasteiger partial charge on any atom is -0.493 e. The number of benzene rings is 1. The molecule has 21 heavy (non-hydrogen) atoms. The summed E-state index contributed by atoms with van der Waals surface area (Å²) in [7, 11) is 0. The molecule has 1 rings (SSSR count). The number of hydrogen-bond donors (Lipinski definition) is 2. The highest BCUT2D eigenvalue weighted by Gasteiger charge is 2.31. The second-order valence-electron chi connectivity index (χ2n) is 5.05. The zero-order valence-corrected chi connectivity index (χ0v) is 12.9. The van der Waals surface area contributed by atoms with E-state index in [0.29, 0.717) is 17.2 Å². The summed E-state index contributed by atoms with van der Waals surface area (Å²) in [6.45, 7) is 3.71. The lowest BCUT2D eigenvalue weighted by molar-refractivity contribution is -0.148. The van der Waals surface area contributed by atoms with Gasteiger partial charge in [-0.2, -0.15) is 0 Å². The molecule has 0 aliphatic heterocycles. The molecule has 0 heterocycles. The molecular weight excluding hydrogens is 294 g/mol. The molecule has 116 valence electrons. The average molecular weight is 314 g/mol. The normalized spacial score (nSPS) is 13.3. The fourth-order valence-electron chi connectivity index (χ4n) is 1.55. The molecule has 0 aliphatic carbocycles. The van der Waals surface area contributed by atoms with Crippen molar-refractivity contribution in [3.8, 4) is 5.75 Å². The monoisotopic (exact) mass is 313 g/mol. The van der Waals surface area contributed by atoms with E-state index in [1.165, 1.54) is 0 Å². The maximum Gasteiger partial charge on any atom is 0.311 e. The number of carboxylic acid groups (broad SMARTS) is 1. The van der Waals surface area contributed by atoms with Crippen LogP contribution in [-0.2, 0) is 9.59 Å². The summed E-state index contributed by atoms with van der Waals surface area (Å²) in [6.07, 6.45) is 0.605. The van der Waals surface area contributed by atoms with Crippen LogP contribution >= 0.6 is 11.6 Å². The van der Waals surface area contributed by atoms with Gasteiger partial charge in [0.1, 0.15) is 5.75 Å². The summed E-state index contributed by atoms with van der Waals surface area (Å²) >= 11 is 5.82. The molecule has 6 heteroatoms. The molecule has 0 saturated heterocycles. The third-order valence-corrected chi connectivity index (χ3v) is 3.60. The largest absolute Gasteiger partial charge is 0.493 e. The molecule has 5 nitrogen and oxygen atoms in total. The second kappa shape index (κ2) is 7.88. The second-order valence-corrected chi connectivity index (χ2v) is 5.49. The van der Waals surface area contributed by atoms with Crippen LogP contribution in [0.1, 0.15) is 26.7 Å². The summed E-state index contributed by atoms with van der Waals surface area (Å²) < 4.78 is 5.40. The Labute approximate surface area is 129 Å². The highest BCUT2D eigenvalue weighted by atomic mass is 35.5. The summed E-state index contributed by atoms with van der Waals surface area (Å²) in [6, 6.07) is 6.91. The fourth-order valence-corrected chi connectivity index (χ4v) is 1.73. The molecule has 1 aromatic carbocycles. The third-order valence-electron chi connectivity index (χ3n) is 3.37. The van der Waals surface area contributed by atoms with Gasteiger partial charge in [0.15, 0.2) is 0 Å². The van der Waals surface area contributed by atoms with Crippen molar-refractivity contribution < 1.29 is 19.4 Å². The van der Waals surface area contributed by atoms with Crippen LogP contribution in [0.4, 0.5) is 0 Å². The van der Waals surface area contributed by atoms with Crippen LogP contribution in [-0.4, -0.2) is 30.1 Å². The number of carbonyl (C=O) groups excluding carboxylic acids is 1. The van der Waals surface area contributed by atoms with Crippen molar-refractivity contribution in [2.45, 2.75) is 26.7 Å². The topological polar surface area (TPSA) is 75.6 Å². The van der Waals surface area contributed by atoms with Gasteiger partial charge in [-0.3, -0.25) is 9.59 Å². The van der Waals surface area contributed by atoms with E-state index in [0.717, 1.165) is 0 Å². The number of halogens is 1. The van der Waals surface area contributed by atoms with Gasteiger partial charge in [-0.05, 0) is 31.5 Å². The van der Waals surface area contributed by atoms with Gasteiger partial charge in [0.05, 0.1) is 18.4 Å².